The molecule has 168 valence electrons. The van der Waals surface area contributed by atoms with Crippen molar-refractivity contribution in [3.05, 3.63) is 30.2 Å². The van der Waals surface area contributed by atoms with Crippen molar-refractivity contribution >= 4 is 17.8 Å². The summed E-state index contributed by atoms with van der Waals surface area (Å²) in [4.78, 5) is 9.59. The van der Waals surface area contributed by atoms with Crippen LogP contribution in [-0.2, 0) is 0 Å². The molecule has 10 heteroatoms. The van der Waals surface area contributed by atoms with Crippen LogP contribution in [0.15, 0.2) is 24.4 Å². The first-order valence-electron chi connectivity index (χ1n) is 10.7. The van der Waals surface area contributed by atoms with Crippen LogP contribution >= 0.6 is 0 Å². The Morgan fingerprint density at radius 1 is 1.10 bits per heavy atom. The normalized spacial score (nSPS) is 19.0. The highest BCUT2D eigenvalue weighted by Gasteiger charge is 2.21. The average molecular weight is 429 g/mol. The van der Waals surface area contributed by atoms with Gasteiger partial charge in [-0.1, -0.05) is 0 Å². The SMILES string of the molecule is COc1cc(Nc2nc3n(n2)C=CNC3NCCCN2CCN(C)CC2)cc(OC)c1. The molecular weight excluding hydrogens is 396 g/mol. The van der Waals surface area contributed by atoms with Gasteiger partial charge in [-0.3, -0.25) is 5.32 Å². The van der Waals surface area contributed by atoms with Gasteiger partial charge >= 0.3 is 0 Å². The van der Waals surface area contributed by atoms with Gasteiger partial charge in [0.15, 0.2) is 5.82 Å². The maximum Gasteiger partial charge on any atom is 0.247 e. The van der Waals surface area contributed by atoms with E-state index in [1.165, 1.54) is 0 Å². The number of rotatable bonds is 9. The molecule has 1 atom stereocenters. The summed E-state index contributed by atoms with van der Waals surface area (Å²) in [5.41, 5.74) is 0.799. The van der Waals surface area contributed by atoms with Gasteiger partial charge < -0.3 is 29.9 Å². The molecule has 4 rings (SSSR count). The van der Waals surface area contributed by atoms with E-state index in [1.54, 1.807) is 18.9 Å². The molecule has 31 heavy (non-hydrogen) atoms. The van der Waals surface area contributed by atoms with Gasteiger partial charge in [-0.25, -0.2) is 4.68 Å². The number of hydrogen-bond acceptors (Lipinski definition) is 9. The molecule has 0 saturated carbocycles. The van der Waals surface area contributed by atoms with Crippen molar-refractivity contribution in [1.82, 2.24) is 35.2 Å². The predicted molar refractivity (Wildman–Crippen MR) is 121 cm³/mol. The highest BCUT2D eigenvalue weighted by molar-refractivity contribution is 5.59. The van der Waals surface area contributed by atoms with Crippen LogP contribution in [0.2, 0.25) is 0 Å². The van der Waals surface area contributed by atoms with Crippen molar-refractivity contribution in [2.45, 2.75) is 12.6 Å². The number of nitrogens with zero attached hydrogens (tertiary/aromatic N) is 5. The zero-order valence-electron chi connectivity index (χ0n) is 18.5. The van der Waals surface area contributed by atoms with Crippen molar-refractivity contribution in [3.8, 4) is 11.5 Å². The van der Waals surface area contributed by atoms with Gasteiger partial charge in [0.2, 0.25) is 5.95 Å². The van der Waals surface area contributed by atoms with Crippen molar-refractivity contribution in [2.75, 3.05) is 65.9 Å². The van der Waals surface area contributed by atoms with Crippen molar-refractivity contribution < 1.29 is 9.47 Å². The van der Waals surface area contributed by atoms with Crippen molar-refractivity contribution in [3.63, 3.8) is 0 Å². The third-order valence-electron chi connectivity index (χ3n) is 5.60. The van der Waals surface area contributed by atoms with Crippen LogP contribution in [0.25, 0.3) is 6.20 Å². The van der Waals surface area contributed by atoms with Crippen LogP contribution in [0.3, 0.4) is 0 Å². The maximum atomic E-state index is 5.33. The van der Waals surface area contributed by atoms with Crippen molar-refractivity contribution in [1.29, 1.82) is 0 Å². The Hall–Kier alpha value is -2.82. The molecule has 3 N–H and O–H groups in total. The second-order valence-corrected chi connectivity index (χ2v) is 7.83. The summed E-state index contributed by atoms with van der Waals surface area (Å²) in [7, 11) is 5.44. The number of benzene rings is 1. The fourth-order valence-corrected chi connectivity index (χ4v) is 3.76. The molecule has 1 unspecified atom stereocenters. The Morgan fingerprint density at radius 3 is 2.55 bits per heavy atom. The van der Waals surface area contributed by atoms with Gasteiger partial charge in [0.25, 0.3) is 0 Å². The Morgan fingerprint density at radius 2 is 1.84 bits per heavy atom. The van der Waals surface area contributed by atoms with Crippen LogP contribution in [0, 0.1) is 0 Å². The number of piperazine rings is 1. The number of nitrogens with one attached hydrogen (secondary N) is 3. The summed E-state index contributed by atoms with van der Waals surface area (Å²) in [6.07, 6.45) is 4.76. The topological polar surface area (TPSA) is 91.7 Å². The Bertz CT molecular complexity index is 869. The number of anilines is 2. The number of likely N-dealkylation sites (N-methyl/N-ethyl adjacent to an activating group) is 1. The second-order valence-electron chi connectivity index (χ2n) is 7.83. The molecule has 1 saturated heterocycles. The van der Waals surface area contributed by atoms with Crippen LogP contribution in [0.1, 0.15) is 18.4 Å². The lowest BCUT2D eigenvalue weighted by molar-refractivity contribution is 0.152. The van der Waals surface area contributed by atoms with E-state index in [1.807, 2.05) is 30.6 Å². The van der Waals surface area contributed by atoms with Gasteiger partial charge in [-0.05, 0) is 26.6 Å². The summed E-state index contributed by atoms with van der Waals surface area (Å²) in [5.74, 6) is 2.74. The number of aromatic nitrogens is 3. The van der Waals surface area contributed by atoms with Gasteiger partial charge in [0, 0.05) is 62.5 Å². The summed E-state index contributed by atoms with van der Waals surface area (Å²) < 4.78 is 12.5. The third kappa shape index (κ3) is 5.46. The summed E-state index contributed by atoms with van der Waals surface area (Å²) >= 11 is 0. The van der Waals surface area contributed by atoms with E-state index in [9.17, 15) is 0 Å². The van der Waals surface area contributed by atoms with E-state index in [2.05, 4.69) is 42.9 Å². The van der Waals surface area contributed by atoms with Gasteiger partial charge in [-0.15, -0.1) is 5.10 Å². The molecule has 2 aliphatic heterocycles. The zero-order chi connectivity index (χ0) is 21.6. The molecule has 1 fully saturated rings. The first-order chi connectivity index (χ1) is 15.1. The van der Waals surface area contributed by atoms with Crippen LogP contribution in [-0.4, -0.2) is 85.1 Å². The molecule has 1 aromatic heterocycles. The van der Waals surface area contributed by atoms with E-state index in [4.69, 9.17) is 9.47 Å². The summed E-state index contributed by atoms with van der Waals surface area (Å²) in [6.45, 7) is 6.63. The molecule has 2 aliphatic rings. The maximum absolute atomic E-state index is 5.33. The first kappa shape index (κ1) is 21.4. The molecule has 0 radical (unpaired) electrons. The van der Waals surface area contributed by atoms with E-state index >= 15 is 0 Å². The summed E-state index contributed by atoms with van der Waals surface area (Å²) in [6, 6.07) is 5.58. The quantitative estimate of drug-likeness (QED) is 0.511. The largest absolute Gasteiger partial charge is 0.497 e. The lowest BCUT2D eigenvalue weighted by Gasteiger charge is -2.32. The van der Waals surface area contributed by atoms with Crippen molar-refractivity contribution in [2.24, 2.45) is 0 Å². The number of methoxy groups -OCH3 is 2. The molecule has 0 spiro atoms. The van der Waals surface area contributed by atoms with Gasteiger partial charge in [0.05, 0.1) is 14.2 Å². The molecule has 2 aromatic rings. The zero-order valence-corrected chi connectivity index (χ0v) is 18.5. The van der Waals surface area contributed by atoms with Gasteiger partial charge in [-0.2, -0.15) is 4.98 Å². The van der Waals surface area contributed by atoms with Gasteiger partial charge in [0.1, 0.15) is 17.7 Å². The first-order valence-corrected chi connectivity index (χ1v) is 10.7. The molecule has 0 bridgehead atoms. The van der Waals surface area contributed by atoms with E-state index in [0.717, 1.165) is 57.2 Å². The minimum Gasteiger partial charge on any atom is -0.497 e. The Kier molecular flexibility index (Phi) is 6.90. The van der Waals surface area contributed by atoms with E-state index in [0.29, 0.717) is 17.4 Å². The smallest absolute Gasteiger partial charge is 0.247 e. The van der Waals surface area contributed by atoms with Crippen LogP contribution < -0.4 is 25.4 Å². The minimum absolute atomic E-state index is 0.0830. The number of fused-ring (bicyclic) bond motifs is 1. The predicted octanol–water partition coefficient (Wildman–Crippen LogP) is 1.30. The average Bonchev–Trinajstić information content (AvgIpc) is 3.20. The molecular formula is C21H32N8O2. The third-order valence-corrected chi connectivity index (χ3v) is 5.60. The molecule has 1 aromatic carbocycles. The highest BCUT2D eigenvalue weighted by atomic mass is 16.5. The summed E-state index contributed by atoms with van der Waals surface area (Å²) in [5, 5.41) is 14.7. The standard InChI is InChI=1S/C21H32N8O2/c1-27-9-11-28(12-10-27)7-4-5-22-19-20-25-21(26-29(20)8-6-23-19)24-16-13-17(30-2)15-18(14-16)31-3/h6,8,13-15,19,22-23H,4-5,7,9-12H2,1-3H3,(H,24,26). The molecule has 3 heterocycles. The minimum atomic E-state index is -0.0830. The lowest BCUT2D eigenvalue weighted by Crippen LogP contribution is -2.45. The molecule has 0 amide bonds. The Labute approximate surface area is 183 Å². The highest BCUT2D eigenvalue weighted by Crippen LogP contribution is 2.27. The van der Waals surface area contributed by atoms with Crippen LogP contribution in [0.5, 0.6) is 11.5 Å². The molecule has 0 aliphatic carbocycles. The van der Waals surface area contributed by atoms with E-state index in [-0.39, 0.29) is 6.17 Å². The second kappa shape index (κ2) is 9.99. The number of ether oxygens (including phenoxy) is 2. The number of hydrogen-bond donors (Lipinski definition) is 3. The molecule has 10 nitrogen and oxygen atoms in total. The Balaban J connectivity index is 1.33. The fourth-order valence-electron chi connectivity index (χ4n) is 3.76. The monoisotopic (exact) mass is 428 g/mol. The lowest BCUT2D eigenvalue weighted by atomic mass is 10.3. The van der Waals surface area contributed by atoms with E-state index < -0.39 is 0 Å². The fraction of sp³-hybridized carbons (Fsp3) is 0.524. The van der Waals surface area contributed by atoms with Crippen LogP contribution in [0.4, 0.5) is 11.6 Å².